The van der Waals surface area contributed by atoms with Gasteiger partial charge in [-0.15, -0.1) is 0 Å². The summed E-state index contributed by atoms with van der Waals surface area (Å²) in [6.45, 7) is 8.74. The average Bonchev–Trinajstić information content (AvgIpc) is 3.01. The second kappa shape index (κ2) is 6.81. The quantitative estimate of drug-likeness (QED) is 0.464. The molecular formula is C26H26O. The maximum Gasteiger partial charge on any atom is 0.175 e. The molecule has 0 fully saturated rings. The molecule has 0 aliphatic heterocycles. The lowest BCUT2D eigenvalue weighted by Crippen LogP contribution is -2.15. The van der Waals surface area contributed by atoms with Crippen molar-refractivity contribution in [1.82, 2.24) is 0 Å². The molecule has 0 unspecified atom stereocenters. The van der Waals surface area contributed by atoms with Gasteiger partial charge in [0.2, 0.25) is 0 Å². The van der Waals surface area contributed by atoms with Crippen molar-refractivity contribution in [2.45, 2.75) is 45.4 Å². The monoisotopic (exact) mass is 354 g/mol. The zero-order chi connectivity index (χ0) is 19.1. The number of benzene rings is 3. The maximum atomic E-state index is 13.8. The molecule has 1 nitrogen and oxygen atoms in total. The minimum Gasteiger partial charge on any atom is -0.293 e. The minimum atomic E-state index is -0.209. The third kappa shape index (κ3) is 2.92. The normalized spacial score (nSPS) is 13.1. The van der Waals surface area contributed by atoms with Crippen LogP contribution in [0.2, 0.25) is 0 Å². The third-order valence-corrected chi connectivity index (χ3v) is 5.73. The van der Waals surface area contributed by atoms with Crippen LogP contribution < -0.4 is 0 Å². The first-order valence-corrected chi connectivity index (χ1v) is 9.85. The fraction of sp³-hybridized carbons (Fsp3) is 0.269. The molecular weight excluding hydrogens is 328 g/mol. The van der Waals surface area contributed by atoms with E-state index in [4.69, 9.17) is 0 Å². The number of rotatable bonds is 4. The molecule has 0 N–H and O–H groups in total. The van der Waals surface area contributed by atoms with Crippen molar-refractivity contribution in [2.75, 3.05) is 0 Å². The molecule has 0 heterocycles. The fourth-order valence-corrected chi connectivity index (χ4v) is 4.24. The highest BCUT2D eigenvalue weighted by molar-refractivity contribution is 6.08. The van der Waals surface area contributed by atoms with E-state index in [2.05, 4.69) is 82.3 Å². The number of hydrogen-bond donors (Lipinski definition) is 0. The molecule has 0 atom stereocenters. The second-order valence-corrected chi connectivity index (χ2v) is 8.13. The summed E-state index contributed by atoms with van der Waals surface area (Å²) in [5.41, 5.74) is 7.96. The van der Waals surface area contributed by atoms with Crippen molar-refractivity contribution in [3.05, 3.63) is 94.5 Å². The van der Waals surface area contributed by atoms with Crippen molar-refractivity contribution in [2.24, 2.45) is 0 Å². The predicted molar refractivity (Wildman–Crippen MR) is 113 cm³/mol. The lowest BCUT2D eigenvalue weighted by atomic mass is 9.83. The van der Waals surface area contributed by atoms with Crippen LogP contribution >= 0.6 is 0 Å². The van der Waals surface area contributed by atoms with Crippen molar-refractivity contribution in [1.29, 1.82) is 0 Å². The Balaban J connectivity index is 1.87. The van der Waals surface area contributed by atoms with Crippen molar-refractivity contribution in [3.8, 4) is 11.1 Å². The van der Waals surface area contributed by atoms with Crippen LogP contribution in [0.5, 0.6) is 0 Å². The fourth-order valence-electron chi connectivity index (χ4n) is 4.24. The summed E-state index contributed by atoms with van der Waals surface area (Å²) in [7, 11) is 0. The Kier molecular flexibility index (Phi) is 4.47. The Hall–Kier alpha value is -2.67. The molecule has 1 heteroatoms. The standard InChI is InChI=1S/C26H26O/c1-16(2)18-13-14-23(24(15-18)17(3)4)26(27)25-21-11-7-5-9-19(21)20-10-6-8-12-22(20)25/h5-17,25H,1-4H3. The summed E-state index contributed by atoms with van der Waals surface area (Å²) in [6, 6.07) is 23.1. The largest absolute Gasteiger partial charge is 0.293 e. The van der Waals surface area contributed by atoms with Gasteiger partial charge in [0.25, 0.3) is 0 Å². The Bertz CT molecular complexity index is 965. The van der Waals surface area contributed by atoms with Gasteiger partial charge in [-0.05, 0) is 45.2 Å². The first-order chi connectivity index (χ1) is 13.0. The average molecular weight is 354 g/mol. The SMILES string of the molecule is CC(C)c1ccc(C(=O)C2c3ccccc3-c3ccccc32)c(C(C)C)c1. The molecule has 0 bridgehead atoms. The van der Waals surface area contributed by atoms with Crippen LogP contribution in [0.4, 0.5) is 0 Å². The molecule has 1 aliphatic rings. The molecule has 0 saturated carbocycles. The highest BCUT2D eigenvalue weighted by Crippen LogP contribution is 2.46. The van der Waals surface area contributed by atoms with Crippen LogP contribution in [0, 0.1) is 0 Å². The summed E-state index contributed by atoms with van der Waals surface area (Å²) in [5, 5.41) is 0. The van der Waals surface area contributed by atoms with E-state index < -0.39 is 0 Å². The zero-order valence-electron chi connectivity index (χ0n) is 16.5. The molecule has 136 valence electrons. The van der Waals surface area contributed by atoms with Gasteiger partial charge in [0.1, 0.15) is 0 Å². The van der Waals surface area contributed by atoms with Crippen LogP contribution in [0.1, 0.15) is 78.1 Å². The van der Waals surface area contributed by atoms with Crippen LogP contribution in [-0.2, 0) is 0 Å². The highest BCUT2D eigenvalue weighted by Gasteiger charge is 2.34. The smallest absolute Gasteiger partial charge is 0.175 e. The summed E-state index contributed by atoms with van der Waals surface area (Å²) in [5.74, 6) is 0.778. The van der Waals surface area contributed by atoms with Gasteiger partial charge in [-0.2, -0.15) is 0 Å². The van der Waals surface area contributed by atoms with Gasteiger partial charge in [-0.3, -0.25) is 4.79 Å². The molecule has 27 heavy (non-hydrogen) atoms. The molecule has 1 aliphatic carbocycles. The molecule has 0 aromatic heterocycles. The van der Waals surface area contributed by atoms with Gasteiger partial charge in [0, 0.05) is 5.56 Å². The van der Waals surface area contributed by atoms with E-state index in [0.717, 1.165) is 22.3 Å². The van der Waals surface area contributed by atoms with Crippen LogP contribution in [0.3, 0.4) is 0 Å². The van der Waals surface area contributed by atoms with Crippen molar-refractivity contribution < 1.29 is 4.79 Å². The van der Waals surface area contributed by atoms with E-state index in [-0.39, 0.29) is 11.7 Å². The predicted octanol–water partition coefficient (Wildman–Crippen LogP) is 6.93. The van der Waals surface area contributed by atoms with E-state index in [9.17, 15) is 4.79 Å². The molecule has 0 saturated heterocycles. The van der Waals surface area contributed by atoms with E-state index >= 15 is 0 Å². The second-order valence-electron chi connectivity index (χ2n) is 8.13. The van der Waals surface area contributed by atoms with Crippen molar-refractivity contribution >= 4 is 5.78 Å². The van der Waals surface area contributed by atoms with E-state index in [1.807, 2.05) is 12.1 Å². The van der Waals surface area contributed by atoms with E-state index in [0.29, 0.717) is 11.8 Å². The summed E-state index contributed by atoms with van der Waals surface area (Å²) >= 11 is 0. The lowest BCUT2D eigenvalue weighted by molar-refractivity contribution is 0.0974. The zero-order valence-corrected chi connectivity index (χ0v) is 16.5. The van der Waals surface area contributed by atoms with Gasteiger partial charge >= 0.3 is 0 Å². The number of ketones is 1. The maximum absolute atomic E-state index is 13.8. The lowest BCUT2D eigenvalue weighted by Gasteiger charge is -2.19. The minimum absolute atomic E-state index is 0.209. The Morgan fingerprint density at radius 2 is 1.30 bits per heavy atom. The number of carbonyl (C=O) groups excluding carboxylic acids is 1. The van der Waals surface area contributed by atoms with E-state index in [1.54, 1.807) is 0 Å². The molecule has 3 aromatic carbocycles. The third-order valence-electron chi connectivity index (χ3n) is 5.73. The Morgan fingerprint density at radius 3 is 1.81 bits per heavy atom. The number of carbonyl (C=O) groups is 1. The summed E-state index contributed by atoms with van der Waals surface area (Å²) in [4.78, 5) is 13.8. The number of hydrogen-bond acceptors (Lipinski definition) is 1. The van der Waals surface area contributed by atoms with Gasteiger partial charge < -0.3 is 0 Å². The van der Waals surface area contributed by atoms with Gasteiger partial charge in [0.05, 0.1) is 5.92 Å². The number of Topliss-reactive ketones (excluding diaryl/α,β-unsaturated/α-hetero) is 1. The molecule has 3 aromatic rings. The topological polar surface area (TPSA) is 17.1 Å². The Morgan fingerprint density at radius 1 is 0.741 bits per heavy atom. The molecule has 0 amide bonds. The Labute approximate surface area is 162 Å². The van der Waals surface area contributed by atoms with Crippen molar-refractivity contribution in [3.63, 3.8) is 0 Å². The van der Waals surface area contributed by atoms with Crippen LogP contribution in [-0.4, -0.2) is 5.78 Å². The molecule has 0 radical (unpaired) electrons. The van der Waals surface area contributed by atoms with Gasteiger partial charge in [0.15, 0.2) is 5.78 Å². The van der Waals surface area contributed by atoms with Gasteiger partial charge in [-0.25, -0.2) is 0 Å². The summed E-state index contributed by atoms with van der Waals surface area (Å²) < 4.78 is 0. The van der Waals surface area contributed by atoms with E-state index in [1.165, 1.54) is 16.7 Å². The molecule has 4 rings (SSSR count). The van der Waals surface area contributed by atoms with Gasteiger partial charge in [-0.1, -0.05) is 94.4 Å². The first kappa shape index (κ1) is 17.7. The first-order valence-electron chi connectivity index (χ1n) is 9.85. The van der Waals surface area contributed by atoms with Crippen LogP contribution in [0.25, 0.3) is 11.1 Å². The summed E-state index contributed by atoms with van der Waals surface area (Å²) in [6.07, 6.45) is 0. The molecule has 0 spiro atoms. The highest BCUT2D eigenvalue weighted by atomic mass is 16.1. The number of fused-ring (bicyclic) bond motifs is 3. The van der Waals surface area contributed by atoms with Crippen LogP contribution in [0.15, 0.2) is 66.7 Å².